The van der Waals surface area contributed by atoms with E-state index in [1.165, 1.54) is 5.56 Å². The van der Waals surface area contributed by atoms with Gasteiger partial charge in [0.2, 0.25) is 5.91 Å². The Morgan fingerprint density at radius 1 is 1.33 bits per heavy atom. The van der Waals surface area contributed by atoms with E-state index in [2.05, 4.69) is 12.1 Å². The van der Waals surface area contributed by atoms with Gasteiger partial charge in [0.05, 0.1) is 0 Å². The molecule has 1 amide bonds. The number of aryl methyl sites for hydroxylation is 1. The normalized spacial score (nSPS) is 19.2. The van der Waals surface area contributed by atoms with E-state index in [4.69, 9.17) is 5.73 Å². The van der Waals surface area contributed by atoms with Crippen molar-refractivity contribution in [1.82, 2.24) is 4.90 Å². The Labute approximate surface area is 109 Å². The number of likely N-dealkylation sites (tertiary alicyclic amines) is 1. The van der Waals surface area contributed by atoms with Crippen LogP contribution in [0.1, 0.15) is 31.2 Å². The Balaban J connectivity index is 1.75. The average Bonchev–Trinajstić information content (AvgIpc) is 2.88. The topological polar surface area (TPSA) is 46.3 Å². The second-order valence-electron chi connectivity index (χ2n) is 4.96. The van der Waals surface area contributed by atoms with Crippen LogP contribution >= 0.6 is 0 Å². The van der Waals surface area contributed by atoms with Crippen molar-refractivity contribution < 1.29 is 4.79 Å². The summed E-state index contributed by atoms with van der Waals surface area (Å²) >= 11 is 0. The van der Waals surface area contributed by atoms with Gasteiger partial charge in [-0.1, -0.05) is 30.3 Å². The lowest BCUT2D eigenvalue weighted by atomic mass is 10.1. The summed E-state index contributed by atoms with van der Waals surface area (Å²) in [5.74, 6) is 0.277. The van der Waals surface area contributed by atoms with E-state index in [-0.39, 0.29) is 11.9 Å². The highest BCUT2D eigenvalue weighted by Crippen LogP contribution is 2.18. The van der Waals surface area contributed by atoms with Crippen LogP contribution in [0.25, 0.3) is 0 Å². The number of amides is 1. The number of carbonyl (C=O) groups excluding carboxylic acids is 1. The van der Waals surface area contributed by atoms with Crippen LogP contribution in [0.3, 0.4) is 0 Å². The van der Waals surface area contributed by atoms with Gasteiger partial charge in [-0.25, -0.2) is 0 Å². The van der Waals surface area contributed by atoms with Crippen molar-refractivity contribution in [2.24, 2.45) is 5.73 Å². The summed E-state index contributed by atoms with van der Waals surface area (Å²) in [6, 6.07) is 10.6. The number of carbonyl (C=O) groups is 1. The zero-order valence-corrected chi connectivity index (χ0v) is 10.8. The summed E-state index contributed by atoms with van der Waals surface area (Å²) in [6.45, 7) is 1.50. The molecule has 3 nitrogen and oxygen atoms in total. The Morgan fingerprint density at radius 3 is 2.83 bits per heavy atom. The monoisotopic (exact) mass is 246 g/mol. The van der Waals surface area contributed by atoms with Gasteiger partial charge in [0, 0.05) is 25.6 Å². The minimum atomic E-state index is 0.277. The summed E-state index contributed by atoms with van der Waals surface area (Å²) in [5.41, 5.74) is 7.00. The first-order valence-corrected chi connectivity index (χ1v) is 6.84. The van der Waals surface area contributed by atoms with E-state index in [1.807, 2.05) is 23.1 Å². The summed E-state index contributed by atoms with van der Waals surface area (Å²) in [4.78, 5) is 14.1. The first-order valence-electron chi connectivity index (χ1n) is 6.84. The van der Waals surface area contributed by atoms with E-state index >= 15 is 0 Å². The highest BCUT2D eigenvalue weighted by atomic mass is 16.2. The Bertz CT molecular complexity index is 377. The summed E-state index contributed by atoms with van der Waals surface area (Å²) in [7, 11) is 0. The molecule has 1 aliphatic heterocycles. The van der Waals surface area contributed by atoms with Crippen molar-refractivity contribution >= 4 is 5.91 Å². The average molecular weight is 246 g/mol. The number of hydrogen-bond donors (Lipinski definition) is 1. The van der Waals surface area contributed by atoms with E-state index < -0.39 is 0 Å². The molecule has 1 unspecified atom stereocenters. The quantitative estimate of drug-likeness (QED) is 0.863. The van der Waals surface area contributed by atoms with Gasteiger partial charge in [0.15, 0.2) is 0 Å². The molecule has 18 heavy (non-hydrogen) atoms. The molecule has 1 saturated heterocycles. The fourth-order valence-electron chi connectivity index (χ4n) is 2.64. The maximum absolute atomic E-state index is 12.1. The van der Waals surface area contributed by atoms with E-state index in [0.717, 1.165) is 32.2 Å². The van der Waals surface area contributed by atoms with Crippen LogP contribution in [0.5, 0.6) is 0 Å². The van der Waals surface area contributed by atoms with Gasteiger partial charge >= 0.3 is 0 Å². The molecule has 0 bridgehead atoms. The minimum absolute atomic E-state index is 0.277. The van der Waals surface area contributed by atoms with Crippen LogP contribution in [0, 0.1) is 0 Å². The summed E-state index contributed by atoms with van der Waals surface area (Å²) in [6.07, 6.45) is 4.73. The second-order valence-corrected chi connectivity index (χ2v) is 4.96. The number of nitrogens with zero attached hydrogens (tertiary/aromatic N) is 1. The Hall–Kier alpha value is -1.35. The molecule has 0 saturated carbocycles. The number of hydrogen-bond acceptors (Lipinski definition) is 2. The van der Waals surface area contributed by atoms with Crippen molar-refractivity contribution in [2.45, 2.75) is 38.1 Å². The lowest BCUT2D eigenvalue weighted by Gasteiger charge is -2.23. The zero-order valence-electron chi connectivity index (χ0n) is 10.8. The fourth-order valence-corrected chi connectivity index (χ4v) is 2.64. The molecule has 1 heterocycles. The van der Waals surface area contributed by atoms with E-state index in [1.54, 1.807) is 0 Å². The Kier molecular flexibility index (Phi) is 4.76. The number of rotatable bonds is 5. The second kappa shape index (κ2) is 6.55. The molecule has 98 valence electrons. The minimum Gasteiger partial charge on any atom is -0.338 e. The van der Waals surface area contributed by atoms with Gasteiger partial charge in [-0.2, -0.15) is 0 Å². The maximum Gasteiger partial charge on any atom is 0.222 e. The molecule has 0 spiro atoms. The third kappa shape index (κ3) is 3.33. The molecule has 1 aliphatic rings. The SMILES string of the molecule is NCC1CCCN1C(=O)CCCc1ccccc1. The summed E-state index contributed by atoms with van der Waals surface area (Å²) < 4.78 is 0. The van der Waals surface area contributed by atoms with Gasteiger partial charge in [0.1, 0.15) is 0 Å². The highest BCUT2D eigenvalue weighted by molar-refractivity contribution is 5.76. The molecule has 2 rings (SSSR count). The first kappa shape index (κ1) is 13.1. The van der Waals surface area contributed by atoms with E-state index in [9.17, 15) is 4.79 Å². The molecule has 0 aliphatic carbocycles. The lowest BCUT2D eigenvalue weighted by molar-refractivity contribution is -0.131. The van der Waals surface area contributed by atoms with Crippen LogP contribution in [0.4, 0.5) is 0 Å². The van der Waals surface area contributed by atoms with Crippen molar-refractivity contribution in [3.05, 3.63) is 35.9 Å². The van der Waals surface area contributed by atoms with Gasteiger partial charge in [-0.05, 0) is 31.2 Å². The van der Waals surface area contributed by atoms with Crippen LogP contribution in [-0.4, -0.2) is 29.9 Å². The Morgan fingerprint density at radius 2 is 2.11 bits per heavy atom. The van der Waals surface area contributed by atoms with Crippen LogP contribution in [0.2, 0.25) is 0 Å². The molecule has 1 fully saturated rings. The predicted molar refractivity (Wildman–Crippen MR) is 73.2 cm³/mol. The summed E-state index contributed by atoms with van der Waals surface area (Å²) in [5, 5.41) is 0. The first-order chi connectivity index (χ1) is 8.81. The largest absolute Gasteiger partial charge is 0.338 e. The molecule has 1 atom stereocenters. The smallest absolute Gasteiger partial charge is 0.222 e. The molecule has 0 radical (unpaired) electrons. The van der Waals surface area contributed by atoms with E-state index in [0.29, 0.717) is 13.0 Å². The van der Waals surface area contributed by atoms with Gasteiger partial charge in [-0.3, -0.25) is 4.79 Å². The van der Waals surface area contributed by atoms with Crippen molar-refractivity contribution in [3.8, 4) is 0 Å². The number of nitrogens with two attached hydrogens (primary N) is 1. The molecule has 1 aromatic rings. The molecule has 1 aromatic carbocycles. The molecular formula is C15H22N2O. The number of benzene rings is 1. The standard InChI is InChI=1S/C15H22N2O/c16-12-14-9-5-11-17(14)15(18)10-4-8-13-6-2-1-3-7-13/h1-3,6-7,14H,4-5,8-12,16H2. The third-order valence-corrected chi connectivity index (χ3v) is 3.67. The maximum atomic E-state index is 12.1. The lowest BCUT2D eigenvalue weighted by Crippen LogP contribution is -2.39. The molecule has 2 N–H and O–H groups in total. The van der Waals surface area contributed by atoms with Crippen LogP contribution in [0.15, 0.2) is 30.3 Å². The van der Waals surface area contributed by atoms with Gasteiger partial charge in [0.25, 0.3) is 0 Å². The fraction of sp³-hybridized carbons (Fsp3) is 0.533. The molecule has 3 heteroatoms. The zero-order chi connectivity index (χ0) is 12.8. The highest BCUT2D eigenvalue weighted by Gasteiger charge is 2.26. The van der Waals surface area contributed by atoms with Gasteiger partial charge < -0.3 is 10.6 Å². The van der Waals surface area contributed by atoms with Crippen LogP contribution in [-0.2, 0) is 11.2 Å². The predicted octanol–water partition coefficient (Wildman–Crippen LogP) is 1.96. The molecule has 0 aromatic heterocycles. The van der Waals surface area contributed by atoms with Crippen LogP contribution < -0.4 is 5.73 Å². The van der Waals surface area contributed by atoms with Gasteiger partial charge in [-0.15, -0.1) is 0 Å². The molecular weight excluding hydrogens is 224 g/mol. The van der Waals surface area contributed by atoms with Crippen molar-refractivity contribution in [3.63, 3.8) is 0 Å². The van der Waals surface area contributed by atoms with Crippen molar-refractivity contribution in [1.29, 1.82) is 0 Å². The van der Waals surface area contributed by atoms with Crippen molar-refractivity contribution in [2.75, 3.05) is 13.1 Å². The third-order valence-electron chi connectivity index (χ3n) is 3.67.